The van der Waals surface area contributed by atoms with Gasteiger partial charge in [0.2, 0.25) is 0 Å². The van der Waals surface area contributed by atoms with Crippen LogP contribution in [0, 0.1) is 13.8 Å². The Labute approximate surface area is 243 Å². The van der Waals surface area contributed by atoms with Gasteiger partial charge in [0.1, 0.15) is 6.54 Å². The van der Waals surface area contributed by atoms with Gasteiger partial charge in [-0.2, -0.15) is 5.10 Å². The molecule has 0 aromatic heterocycles. The molecule has 41 heavy (non-hydrogen) atoms. The molecule has 2 aromatic carbocycles. The fourth-order valence-electron chi connectivity index (χ4n) is 5.07. The molecule has 4 rings (SSSR count). The summed E-state index contributed by atoms with van der Waals surface area (Å²) in [7, 11) is 3.19. The summed E-state index contributed by atoms with van der Waals surface area (Å²) in [5.41, 5.74) is 5.05. The van der Waals surface area contributed by atoms with Crippen LogP contribution in [0.1, 0.15) is 48.6 Å². The van der Waals surface area contributed by atoms with Gasteiger partial charge in [0.05, 0.1) is 39.2 Å². The molecule has 1 saturated heterocycles. The lowest BCUT2D eigenvalue weighted by atomic mass is 9.96. The summed E-state index contributed by atoms with van der Waals surface area (Å²) >= 11 is 0. The number of morpholine rings is 1. The Morgan fingerprint density at radius 2 is 1.78 bits per heavy atom. The summed E-state index contributed by atoms with van der Waals surface area (Å²) in [5, 5.41) is 9.34. The normalized spacial score (nSPS) is 17.4. The Balaban J connectivity index is 1.62. The van der Waals surface area contributed by atoms with E-state index in [1.165, 1.54) is 10.6 Å². The number of nitrogens with zero attached hydrogens (tertiary/aromatic N) is 4. The van der Waals surface area contributed by atoms with Crippen LogP contribution in [0.25, 0.3) is 0 Å². The maximum Gasteiger partial charge on any atom is 0.318 e. The van der Waals surface area contributed by atoms with Gasteiger partial charge in [-0.3, -0.25) is 9.69 Å². The first kappa shape index (κ1) is 30.3. The van der Waals surface area contributed by atoms with Gasteiger partial charge < -0.3 is 24.4 Å². The summed E-state index contributed by atoms with van der Waals surface area (Å²) < 4.78 is 16.4. The first-order valence-electron chi connectivity index (χ1n) is 14.2. The number of ether oxygens (including phenoxy) is 3. The minimum atomic E-state index is -0.354. The van der Waals surface area contributed by atoms with Crippen molar-refractivity contribution in [3.63, 3.8) is 0 Å². The summed E-state index contributed by atoms with van der Waals surface area (Å²) in [6, 6.07) is 11.2. The lowest BCUT2D eigenvalue weighted by molar-refractivity contribution is -0.133. The molecule has 1 N–H and O–H groups in total. The second kappa shape index (κ2) is 13.8. The summed E-state index contributed by atoms with van der Waals surface area (Å²) in [6.45, 7) is 11.9. The maximum atomic E-state index is 14.0. The number of urea groups is 1. The standard InChI is InChI=1S/C31H43N5O5/c1-21(2)32-31(38)35(12-11-34-13-15-41-16-14-34)20-30(37)36-27(25-9-10-28(39-5)29(18-25)40-6)19-26(33-36)24-8-7-22(3)23(4)17-24/h7-10,17-18,21,27H,11-16,19-20H2,1-6H3,(H,32,38)/t27-/m0/s1. The van der Waals surface area contributed by atoms with E-state index in [0.29, 0.717) is 44.2 Å². The van der Waals surface area contributed by atoms with Gasteiger partial charge in [-0.25, -0.2) is 9.80 Å². The van der Waals surface area contributed by atoms with Gasteiger partial charge in [0.15, 0.2) is 11.5 Å². The molecule has 1 fully saturated rings. The molecule has 10 nitrogen and oxygen atoms in total. The Hall–Kier alpha value is -3.63. The van der Waals surface area contributed by atoms with Gasteiger partial charge in [0.25, 0.3) is 5.91 Å². The number of hydrogen-bond acceptors (Lipinski definition) is 7. The monoisotopic (exact) mass is 565 g/mol. The average molecular weight is 566 g/mol. The molecule has 3 amide bonds. The van der Waals surface area contributed by atoms with Crippen molar-refractivity contribution in [3.8, 4) is 11.5 Å². The van der Waals surface area contributed by atoms with Crippen LogP contribution in [-0.4, -0.2) is 98.7 Å². The summed E-state index contributed by atoms with van der Waals surface area (Å²) in [5.74, 6) is 0.951. The van der Waals surface area contributed by atoms with Gasteiger partial charge in [0, 0.05) is 38.6 Å². The van der Waals surface area contributed by atoms with Crippen LogP contribution in [0.5, 0.6) is 11.5 Å². The van der Waals surface area contributed by atoms with Gasteiger partial charge in [-0.1, -0.05) is 18.2 Å². The van der Waals surface area contributed by atoms with Gasteiger partial charge >= 0.3 is 6.03 Å². The number of nitrogens with one attached hydrogen (secondary N) is 1. The number of carbonyl (C=O) groups excluding carboxylic acids is 2. The van der Waals surface area contributed by atoms with Crippen molar-refractivity contribution in [2.45, 2.75) is 46.2 Å². The van der Waals surface area contributed by atoms with Crippen molar-refractivity contribution in [3.05, 3.63) is 58.7 Å². The average Bonchev–Trinajstić information content (AvgIpc) is 3.42. The van der Waals surface area contributed by atoms with E-state index in [1.807, 2.05) is 38.1 Å². The van der Waals surface area contributed by atoms with Crippen LogP contribution >= 0.6 is 0 Å². The predicted molar refractivity (Wildman–Crippen MR) is 159 cm³/mol. The van der Waals surface area contributed by atoms with Crippen LogP contribution in [0.4, 0.5) is 4.79 Å². The van der Waals surface area contributed by atoms with E-state index in [1.54, 1.807) is 19.1 Å². The molecule has 2 heterocycles. The number of aryl methyl sites for hydroxylation is 2. The Morgan fingerprint density at radius 3 is 2.44 bits per heavy atom. The number of amides is 3. The minimum absolute atomic E-state index is 0.0517. The number of rotatable bonds is 10. The molecule has 2 aromatic rings. The molecule has 1 atom stereocenters. The largest absolute Gasteiger partial charge is 0.493 e. The Bertz CT molecular complexity index is 1260. The second-order valence-corrected chi connectivity index (χ2v) is 10.9. The smallest absolute Gasteiger partial charge is 0.318 e. The Kier molecular flexibility index (Phi) is 10.2. The van der Waals surface area contributed by atoms with Crippen LogP contribution in [0.15, 0.2) is 41.5 Å². The first-order valence-corrected chi connectivity index (χ1v) is 14.2. The molecule has 222 valence electrons. The second-order valence-electron chi connectivity index (χ2n) is 10.9. The number of hydrogen-bond donors (Lipinski definition) is 1. The molecule has 10 heteroatoms. The van der Waals surface area contributed by atoms with E-state index >= 15 is 0 Å². The van der Waals surface area contributed by atoms with Crippen LogP contribution in [0.2, 0.25) is 0 Å². The number of carbonyl (C=O) groups is 2. The molecule has 0 spiro atoms. The SMILES string of the molecule is COc1ccc([C@@H]2CC(c3ccc(C)c(C)c3)=NN2C(=O)CN(CCN2CCOCC2)C(=O)NC(C)C)cc1OC. The topological polar surface area (TPSA) is 95.9 Å². The highest BCUT2D eigenvalue weighted by Gasteiger charge is 2.35. The van der Waals surface area contributed by atoms with Crippen molar-refractivity contribution < 1.29 is 23.8 Å². The highest BCUT2D eigenvalue weighted by Crippen LogP contribution is 2.37. The highest BCUT2D eigenvalue weighted by molar-refractivity contribution is 6.03. The van der Waals surface area contributed by atoms with Crippen molar-refractivity contribution in [1.82, 2.24) is 20.1 Å². The van der Waals surface area contributed by atoms with E-state index in [9.17, 15) is 9.59 Å². The van der Waals surface area contributed by atoms with Crippen molar-refractivity contribution in [2.24, 2.45) is 5.10 Å². The van der Waals surface area contributed by atoms with E-state index in [-0.39, 0.29) is 30.6 Å². The van der Waals surface area contributed by atoms with E-state index < -0.39 is 0 Å². The quantitative estimate of drug-likeness (QED) is 0.472. The van der Waals surface area contributed by atoms with Crippen molar-refractivity contribution >= 4 is 17.6 Å². The zero-order chi connectivity index (χ0) is 29.5. The van der Waals surface area contributed by atoms with Crippen molar-refractivity contribution in [1.29, 1.82) is 0 Å². The molecule has 2 aliphatic heterocycles. The summed E-state index contributed by atoms with van der Waals surface area (Å²) in [4.78, 5) is 31.0. The fraction of sp³-hybridized carbons (Fsp3) is 0.516. The van der Waals surface area contributed by atoms with E-state index in [4.69, 9.17) is 19.3 Å². The lowest BCUT2D eigenvalue weighted by Gasteiger charge is -2.31. The minimum Gasteiger partial charge on any atom is -0.493 e. The Morgan fingerprint density at radius 1 is 1.05 bits per heavy atom. The third-order valence-electron chi connectivity index (χ3n) is 7.61. The van der Waals surface area contributed by atoms with E-state index in [2.05, 4.69) is 36.2 Å². The number of benzene rings is 2. The number of methoxy groups -OCH3 is 2. The number of hydrazone groups is 1. The lowest BCUT2D eigenvalue weighted by Crippen LogP contribution is -2.50. The summed E-state index contributed by atoms with van der Waals surface area (Å²) in [6.07, 6.45) is 0.537. The fourth-order valence-corrected chi connectivity index (χ4v) is 5.07. The predicted octanol–water partition coefficient (Wildman–Crippen LogP) is 3.75. The molecule has 0 aliphatic carbocycles. The molecule has 0 saturated carbocycles. The van der Waals surface area contributed by atoms with Crippen LogP contribution < -0.4 is 14.8 Å². The molecule has 0 unspecified atom stereocenters. The molecular formula is C31H43N5O5. The highest BCUT2D eigenvalue weighted by atomic mass is 16.5. The van der Waals surface area contributed by atoms with Crippen LogP contribution in [-0.2, 0) is 9.53 Å². The zero-order valence-electron chi connectivity index (χ0n) is 25.1. The third kappa shape index (κ3) is 7.56. The maximum absolute atomic E-state index is 14.0. The van der Waals surface area contributed by atoms with Crippen LogP contribution in [0.3, 0.4) is 0 Å². The van der Waals surface area contributed by atoms with Gasteiger partial charge in [-0.15, -0.1) is 0 Å². The zero-order valence-corrected chi connectivity index (χ0v) is 25.1. The molecule has 0 bridgehead atoms. The van der Waals surface area contributed by atoms with Gasteiger partial charge in [-0.05, 0) is 68.1 Å². The third-order valence-corrected chi connectivity index (χ3v) is 7.61. The molecule has 2 aliphatic rings. The van der Waals surface area contributed by atoms with E-state index in [0.717, 1.165) is 35.5 Å². The van der Waals surface area contributed by atoms with Crippen molar-refractivity contribution in [2.75, 3.05) is 60.2 Å². The molecule has 0 radical (unpaired) electrons. The molecular weight excluding hydrogens is 522 g/mol. The first-order chi connectivity index (χ1) is 19.7.